The zero-order valence-corrected chi connectivity index (χ0v) is 9.82. The highest BCUT2D eigenvalue weighted by Crippen LogP contribution is 2.42. The Morgan fingerprint density at radius 2 is 2.38 bits per heavy atom. The molecule has 0 aliphatic heterocycles. The van der Waals surface area contributed by atoms with Crippen LogP contribution in [0, 0.1) is 5.92 Å². The van der Waals surface area contributed by atoms with E-state index in [0.29, 0.717) is 6.42 Å². The first kappa shape index (κ1) is 11.4. The SMILES string of the molecule is CC(=O)OC1=C2CCC[C@@](C)(O)[C@@H]2C=CC1. The lowest BCUT2D eigenvalue weighted by atomic mass is 9.71. The second-order valence-electron chi connectivity index (χ2n) is 4.86. The van der Waals surface area contributed by atoms with E-state index in [0.717, 1.165) is 30.6 Å². The number of allylic oxidation sites excluding steroid dienone is 1. The highest BCUT2D eigenvalue weighted by atomic mass is 16.5. The fourth-order valence-electron chi connectivity index (χ4n) is 2.68. The van der Waals surface area contributed by atoms with Crippen molar-refractivity contribution in [1.82, 2.24) is 0 Å². The minimum atomic E-state index is -0.699. The van der Waals surface area contributed by atoms with Gasteiger partial charge in [-0.2, -0.15) is 0 Å². The largest absolute Gasteiger partial charge is 0.431 e. The van der Waals surface area contributed by atoms with Gasteiger partial charge in [0.25, 0.3) is 0 Å². The topological polar surface area (TPSA) is 46.5 Å². The Morgan fingerprint density at radius 3 is 3.06 bits per heavy atom. The molecule has 0 amide bonds. The van der Waals surface area contributed by atoms with Gasteiger partial charge >= 0.3 is 5.97 Å². The van der Waals surface area contributed by atoms with Gasteiger partial charge in [0.15, 0.2) is 0 Å². The molecule has 2 rings (SSSR count). The highest BCUT2D eigenvalue weighted by Gasteiger charge is 2.39. The second kappa shape index (κ2) is 4.06. The summed E-state index contributed by atoms with van der Waals surface area (Å²) in [4.78, 5) is 11.0. The van der Waals surface area contributed by atoms with Crippen LogP contribution in [-0.4, -0.2) is 16.7 Å². The van der Waals surface area contributed by atoms with E-state index in [4.69, 9.17) is 4.74 Å². The summed E-state index contributed by atoms with van der Waals surface area (Å²) in [5, 5.41) is 10.3. The Labute approximate surface area is 95.8 Å². The van der Waals surface area contributed by atoms with Gasteiger partial charge in [0.05, 0.1) is 5.60 Å². The molecule has 88 valence electrons. The van der Waals surface area contributed by atoms with Crippen molar-refractivity contribution in [3.05, 3.63) is 23.5 Å². The number of carbonyl (C=O) groups is 1. The summed E-state index contributed by atoms with van der Waals surface area (Å²) in [6.07, 6.45) is 7.37. The van der Waals surface area contributed by atoms with E-state index in [9.17, 15) is 9.90 Å². The third kappa shape index (κ3) is 2.05. The average Bonchev–Trinajstić information content (AvgIpc) is 2.18. The van der Waals surface area contributed by atoms with Gasteiger partial charge in [-0.3, -0.25) is 4.79 Å². The molecule has 0 spiro atoms. The monoisotopic (exact) mass is 222 g/mol. The van der Waals surface area contributed by atoms with Crippen molar-refractivity contribution in [2.75, 3.05) is 0 Å². The van der Waals surface area contributed by atoms with Gasteiger partial charge in [-0.05, 0) is 31.8 Å². The van der Waals surface area contributed by atoms with Crippen LogP contribution in [0.15, 0.2) is 23.5 Å². The molecule has 0 saturated heterocycles. The maximum Gasteiger partial charge on any atom is 0.307 e. The number of hydrogen-bond acceptors (Lipinski definition) is 3. The molecule has 0 aromatic carbocycles. The van der Waals surface area contributed by atoms with Crippen molar-refractivity contribution in [3.8, 4) is 0 Å². The molecule has 0 aromatic rings. The van der Waals surface area contributed by atoms with Crippen LogP contribution >= 0.6 is 0 Å². The molecule has 1 saturated carbocycles. The molecule has 0 bridgehead atoms. The van der Waals surface area contributed by atoms with Gasteiger partial charge < -0.3 is 9.84 Å². The van der Waals surface area contributed by atoms with Crippen molar-refractivity contribution >= 4 is 5.97 Å². The van der Waals surface area contributed by atoms with Gasteiger partial charge in [-0.25, -0.2) is 0 Å². The molecule has 0 aromatic heterocycles. The van der Waals surface area contributed by atoms with Crippen LogP contribution < -0.4 is 0 Å². The van der Waals surface area contributed by atoms with Crippen LogP contribution in [-0.2, 0) is 9.53 Å². The summed E-state index contributed by atoms with van der Waals surface area (Å²) in [6, 6.07) is 0. The predicted octanol–water partition coefficient (Wildman–Crippen LogP) is 2.31. The number of esters is 1. The van der Waals surface area contributed by atoms with Crippen LogP contribution in [0.4, 0.5) is 0 Å². The van der Waals surface area contributed by atoms with Crippen molar-refractivity contribution in [2.24, 2.45) is 5.92 Å². The summed E-state index contributed by atoms with van der Waals surface area (Å²) in [6.45, 7) is 3.28. The fraction of sp³-hybridized carbons (Fsp3) is 0.615. The molecule has 3 nitrogen and oxygen atoms in total. The molecule has 0 radical (unpaired) electrons. The smallest absolute Gasteiger partial charge is 0.307 e. The Morgan fingerprint density at radius 1 is 1.62 bits per heavy atom. The number of fused-ring (bicyclic) bond motifs is 1. The van der Waals surface area contributed by atoms with Crippen LogP contribution in [0.1, 0.15) is 39.5 Å². The molecule has 2 atom stereocenters. The van der Waals surface area contributed by atoms with E-state index >= 15 is 0 Å². The quantitative estimate of drug-likeness (QED) is 0.547. The van der Waals surface area contributed by atoms with Crippen LogP contribution in [0.3, 0.4) is 0 Å². The van der Waals surface area contributed by atoms with Gasteiger partial charge in [-0.15, -0.1) is 0 Å². The number of ether oxygens (including phenoxy) is 1. The van der Waals surface area contributed by atoms with Crippen molar-refractivity contribution in [2.45, 2.75) is 45.1 Å². The molecule has 1 N–H and O–H groups in total. The summed E-state index contributed by atoms with van der Waals surface area (Å²) >= 11 is 0. The van der Waals surface area contributed by atoms with Gasteiger partial charge in [0, 0.05) is 19.3 Å². The van der Waals surface area contributed by atoms with E-state index in [2.05, 4.69) is 0 Å². The van der Waals surface area contributed by atoms with E-state index in [1.807, 2.05) is 19.1 Å². The lowest BCUT2D eigenvalue weighted by molar-refractivity contribution is -0.137. The van der Waals surface area contributed by atoms with Gasteiger partial charge in [0.1, 0.15) is 5.76 Å². The van der Waals surface area contributed by atoms with E-state index in [1.165, 1.54) is 6.92 Å². The average molecular weight is 222 g/mol. The molecule has 0 unspecified atom stereocenters. The van der Waals surface area contributed by atoms with Crippen LogP contribution in [0.25, 0.3) is 0 Å². The van der Waals surface area contributed by atoms with Crippen LogP contribution in [0.2, 0.25) is 0 Å². The molecular weight excluding hydrogens is 204 g/mol. The first-order valence-corrected chi connectivity index (χ1v) is 5.80. The van der Waals surface area contributed by atoms with E-state index in [1.54, 1.807) is 0 Å². The Bertz CT molecular complexity index is 363. The highest BCUT2D eigenvalue weighted by molar-refractivity contribution is 5.67. The minimum absolute atomic E-state index is 0.0179. The standard InChI is InChI=1S/C13H18O3/c1-9(14)16-12-7-3-6-11-10(12)5-4-8-13(11,2)15/h3,6,11,15H,4-5,7-8H2,1-2H3/t11-,13-/m1/s1. The molecule has 2 aliphatic rings. The van der Waals surface area contributed by atoms with E-state index < -0.39 is 5.60 Å². The minimum Gasteiger partial charge on any atom is -0.431 e. The third-order valence-corrected chi connectivity index (χ3v) is 3.43. The molecular formula is C13H18O3. The third-order valence-electron chi connectivity index (χ3n) is 3.43. The van der Waals surface area contributed by atoms with Crippen molar-refractivity contribution < 1.29 is 14.6 Å². The first-order valence-electron chi connectivity index (χ1n) is 5.80. The number of aliphatic hydroxyl groups is 1. The molecule has 16 heavy (non-hydrogen) atoms. The van der Waals surface area contributed by atoms with Crippen molar-refractivity contribution in [1.29, 1.82) is 0 Å². The van der Waals surface area contributed by atoms with E-state index in [-0.39, 0.29) is 11.9 Å². The first-order chi connectivity index (χ1) is 7.50. The number of hydrogen-bond donors (Lipinski definition) is 1. The maximum absolute atomic E-state index is 11.0. The zero-order chi connectivity index (χ0) is 11.8. The molecule has 0 heterocycles. The zero-order valence-electron chi connectivity index (χ0n) is 9.82. The maximum atomic E-state index is 11.0. The second-order valence-corrected chi connectivity index (χ2v) is 4.86. The lowest BCUT2D eigenvalue weighted by Crippen LogP contribution is -2.39. The normalized spacial score (nSPS) is 33.6. The molecule has 1 fully saturated rings. The Balaban J connectivity index is 2.30. The van der Waals surface area contributed by atoms with Crippen molar-refractivity contribution in [3.63, 3.8) is 0 Å². The predicted molar refractivity (Wildman–Crippen MR) is 60.5 cm³/mol. The summed E-state index contributed by atoms with van der Waals surface area (Å²) in [5.41, 5.74) is 0.407. The summed E-state index contributed by atoms with van der Waals surface area (Å²) in [7, 11) is 0. The molecule has 2 aliphatic carbocycles. The fourth-order valence-corrected chi connectivity index (χ4v) is 2.68. The van der Waals surface area contributed by atoms with Gasteiger partial charge in [-0.1, -0.05) is 12.2 Å². The summed E-state index contributed by atoms with van der Waals surface area (Å²) in [5.74, 6) is 0.492. The number of rotatable bonds is 1. The Hall–Kier alpha value is -1.09. The number of carbonyl (C=O) groups excluding carboxylic acids is 1. The van der Waals surface area contributed by atoms with Gasteiger partial charge in [0.2, 0.25) is 0 Å². The summed E-state index contributed by atoms with van der Waals surface area (Å²) < 4.78 is 5.23. The van der Waals surface area contributed by atoms with Crippen LogP contribution in [0.5, 0.6) is 0 Å². The Kier molecular flexibility index (Phi) is 2.89. The molecule has 3 heteroatoms. The lowest BCUT2D eigenvalue weighted by Gasteiger charge is -2.39.